The highest BCUT2D eigenvalue weighted by molar-refractivity contribution is 6.30. The Morgan fingerprint density at radius 3 is 2.33 bits per heavy atom. The number of aromatic nitrogens is 2. The predicted molar refractivity (Wildman–Crippen MR) is 128 cm³/mol. The van der Waals surface area contributed by atoms with Gasteiger partial charge in [0.1, 0.15) is 5.75 Å². The van der Waals surface area contributed by atoms with Crippen molar-refractivity contribution in [2.75, 3.05) is 0 Å². The molecule has 1 saturated carbocycles. The predicted octanol–water partition coefficient (Wildman–Crippen LogP) is 5.49. The Bertz CT molecular complexity index is 1000. The molecule has 4 N–H and O–H groups in total. The summed E-state index contributed by atoms with van der Waals surface area (Å²) in [5.41, 5.74) is 5.77. The number of phenols is 1. The Morgan fingerprint density at radius 1 is 0.967 bits per heavy atom. The van der Waals surface area contributed by atoms with Gasteiger partial charge >= 0.3 is 0 Å². The second-order valence-corrected chi connectivity index (χ2v) is 7.71. The highest BCUT2D eigenvalue weighted by Gasteiger charge is 2.24. The fraction of sp³-hybridized carbons (Fsp3) is 0.273. The van der Waals surface area contributed by atoms with Gasteiger partial charge < -0.3 is 5.11 Å². The molecule has 1 aromatic heterocycles. The Hall–Kier alpha value is -1.89. The zero-order valence-corrected chi connectivity index (χ0v) is 18.7. The molecular formula is C22H25Cl3N4O. The molecule has 5 nitrogen and oxygen atoms in total. The van der Waals surface area contributed by atoms with Crippen LogP contribution in [0.4, 0.5) is 0 Å². The van der Waals surface area contributed by atoms with E-state index in [0.29, 0.717) is 22.8 Å². The minimum absolute atomic E-state index is 0. The van der Waals surface area contributed by atoms with E-state index in [-0.39, 0.29) is 30.6 Å². The van der Waals surface area contributed by atoms with Crippen molar-refractivity contribution in [3.63, 3.8) is 0 Å². The van der Waals surface area contributed by atoms with Crippen molar-refractivity contribution >= 4 is 59.5 Å². The van der Waals surface area contributed by atoms with Crippen molar-refractivity contribution in [2.24, 2.45) is 5.84 Å². The van der Waals surface area contributed by atoms with Crippen LogP contribution in [0, 0.1) is 0 Å². The third kappa shape index (κ3) is 5.62. The Kier molecular flexibility index (Phi) is 8.89. The fourth-order valence-corrected chi connectivity index (χ4v) is 3.95. The number of nitrogens with two attached hydrogens (primary N) is 1. The van der Waals surface area contributed by atoms with Crippen LogP contribution in [0.3, 0.4) is 0 Å². The topological polar surface area (TPSA) is 84.1 Å². The number of hydrogen-bond acceptors (Lipinski definition) is 5. The number of hydrogen-bond donors (Lipinski definition) is 3. The monoisotopic (exact) mass is 466 g/mol. The van der Waals surface area contributed by atoms with Crippen LogP contribution in [0.25, 0.3) is 23.1 Å². The number of rotatable bonds is 4. The largest absolute Gasteiger partial charge is 0.508 e. The maximum Gasteiger partial charge on any atom is 0.152 e. The molecule has 1 fully saturated rings. The third-order valence-electron chi connectivity index (χ3n) is 5.37. The minimum atomic E-state index is 0. The lowest BCUT2D eigenvalue weighted by molar-refractivity contribution is 0.344. The average molecular weight is 468 g/mol. The lowest BCUT2D eigenvalue weighted by Gasteiger charge is -2.28. The molecule has 160 valence electrons. The molecule has 1 heterocycles. The Morgan fingerprint density at radius 2 is 1.67 bits per heavy atom. The first-order valence-corrected chi connectivity index (χ1v) is 9.90. The summed E-state index contributed by atoms with van der Waals surface area (Å²) >= 11 is 5.95. The second kappa shape index (κ2) is 10.9. The van der Waals surface area contributed by atoms with E-state index in [2.05, 4.69) is 10.4 Å². The molecule has 0 atom stereocenters. The van der Waals surface area contributed by atoms with Crippen molar-refractivity contribution < 1.29 is 5.11 Å². The SMILES string of the molecule is Cl.Cl.NNC1CCC(c2nc(C=Cc3ccc(Cl)cc3)nc3ccc(O)cc23)CC1. The first kappa shape index (κ1) is 24.4. The summed E-state index contributed by atoms with van der Waals surface area (Å²) in [4.78, 5) is 9.53. The van der Waals surface area contributed by atoms with E-state index in [4.69, 9.17) is 22.4 Å². The number of halogens is 3. The van der Waals surface area contributed by atoms with Crippen molar-refractivity contribution in [2.45, 2.75) is 37.6 Å². The van der Waals surface area contributed by atoms with Gasteiger partial charge in [-0.25, -0.2) is 9.97 Å². The molecule has 30 heavy (non-hydrogen) atoms. The number of benzene rings is 2. The molecule has 0 bridgehead atoms. The van der Waals surface area contributed by atoms with E-state index in [9.17, 15) is 5.11 Å². The zero-order chi connectivity index (χ0) is 19.5. The van der Waals surface area contributed by atoms with Crippen LogP contribution < -0.4 is 11.3 Å². The normalized spacial score (nSPS) is 18.7. The smallest absolute Gasteiger partial charge is 0.152 e. The van der Waals surface area contributed by atoms with Crippen molar-refractivity contribution in [1.29, 1.82) is 0 Å². The summed E-state index contributed by atoms with van der Waals surface area (Å²) in [5, 5.41) is 11.6. The molecule has 0 spiro atoms. The lowest BCUT2D eigenvalue weighted by Crippen LogP contribution is -2.37. The van der Waals surface area contributed by atoms with Crippen LogP contribution in [-0.4, -0.2) is 21.1 Å². The van der Waals surface area contributed by atoms with Crippen molar-refractivity contribution in [1.82, 2.24) is 15.4 Å². The average Bonchev–Trinajstić information content (AvgIpc) is 2.73. The van der Waals surface area contributed by atoms with E-state index in [1.165, 1.54) is 0 Å². The maximum absolute atomic E-state index is 9.97. The summed E-state index contributed by atoms with van der Waals surface area (Å²) in [7, 11) is 0. The van der Waals surface area contributed by atoms with E-state index in [0.717, 1.165) is 47.8 Å². The molecule has 0 unspecified atom stereocenters. The number of nitrogens with one attached hydrogen (secondary N) is 1. The minimum Gasteiger partial charge on any atom is -0.508 e. The first-order valence-electron chi connectivity index (χ1n) is 9.53. The first-order chi connectivity index (χ1) is 13.6. The van der Waals surface area contributed by atoms with E-state index in [1.807, 2.05) is 42.5 Å². The molecule has 0 aliphatic heterocycles. The van der Waals surface area contributed by atoms with Crippen LogP contribution in [-0.2, 0) is 0 Å². The summed E-state index contributed by atoms with van der Waals surface area (Å²) < 4.78 is 0. The molecule has 1 aliphatic rings. The number of aromatic hydroxyl groups is 1. The van der Waals surface area contributed by atoms with Crippen molar-refractivity contribution in [3.05, 3.63) is 64.6 Å². The molecule has 3 aromatic rings. The van der Waals surface area contributed by atoms with Gasteiger partial charge in [0.15, 0.2) is 5.82 Å². The highest BCUT2D eigenvalue weighted by Crippen LogP contribution is 2.36. The number of phenolic OH excluding ortho intramolecular Hbond substituents is 1. The molecule has 0 amide bonds. The van der Waals surface area contributed by atoms with Crippen molar-refractivity contribution in [3.8, 4) is 5.75 Å². The van der Waals surface area contributed by atoms with Gasteiger partial charge in [0.25, 0.3) is 0 Å². The van der Waals surface area contributed by atoms with Gasteiger partial charge in [0.2, 0.25) is 0 Å². The Labute approximate surface area is 193 Å². The molecule has 2 aromatic carbocycles. The zero-order valence-electron chi connectivity index (χ0n) is 16.3. The summed E-state index contributed by atoms with van der Waals surface area (Å²) in [6.45, 7) is 0. The maximum atomic E-state index is 9.97. The number of hydrazine groups is 1. The molecule has 8 heteroatoms. The van der Waals surface area contributed by atoms with Gasteiger partial charge in [-0.05, 0) is 67.7 Å². The van der Waals surface area contributed by atoms with Gasteiger partial charge in [-0.1, -0.05) is 29.8 Å². The van der Waals surface area contributed by atoms with E-state index >= 15 is 0 Å². The van der Waals surface area contributed by atoms with Gasteiger partial charge in [0.05, 0.1) is 11.2 Å². The van der Waals surface area contributed by atoms with Crippen LogP contribution in [0.15, 0.2) is 42.5 Å². The van der Waals surface area contributed by atoms with Gasteiger partial charge in [0, 0.05) is 22.4 Å². The fourth-order valence-electron chi connectivity index (χ4n) is 3.82. The molecule has 0 saturated heterocycles. The molecule has 1 aliphatic carbocycles. The van der Waals surface area contributed by atoms with Crippen LogP contribution >= 0.6 is 36.4 Å². The standard InChI is InChI=1S/C22H23ClN4O.2ClH/c23-16-6-1-14(2-7-16)3-12-21-25-20-11-10-18(28)13-19(20)22(26-21)15-4-8-17(27-24)9-5-15;;/h1-3,6-7,10-13,15,17,27-28H,4-5,8-9,24H2;2*1H. The number of nitrogens with zero attached hydrogens (tertiary/aromatic N) is 2. The molecule has 4 rings (SSSR count). The summed E-state index contributed by atoms with van der Waals surface area (Å²) in [6, 6.07) is 13.3. The van der Waals surface area contributed by atoms with Gasteiger partial charge in [-0.15, -0.1) is 24.8 Å². The Balaban J connectivity index is 0.00000160. The van der Waals surface area contributed by atoms with Crippen LogP contribution in [0.5, 0.6) is 5.75 Å². The third-order valence-corrected chi connectivity index (χ3v) is 5.62. The lowest BCUT2D eigenvalue weighted by atomic mass is 9.83. The van der Waals surface area contributed by atoms with Crippen LogP contribution in [0.1, 0.15) is 48.7 Å². The molecular weight excluding hydrogens is 443 g/mol. The van der Waals surface area contributed by atoms with Crippen LogP contribution in [0.2, 0.25) is 5.02 Å². The van der Waals surface area contributed by atoms with E-state index < -0.39 is 0 Å². The van der Waals surface area contributed by atoms with Gasteiger partial charge in [-0.3, -0.25) is 11.3 Å². The quantitative estimate of drug-likeness (QED) is 0.349. The number of fused-ring (bicyclic) bond motifs is 1. The summed E-state index contributed by atoms with van der Waals surface area (Å²) in [6.07, 6.45) is 7.96. The second-order valence-electron chi connectivity index (χ2n) is 7.27. The van der Waals surface area contributed by atoms with Gasteiger partial charge in [-0.2, -0.15) is 0 Å². The molecule has 0 radical (unpaired) electrons. The highest BCUT2D eigenvalue weighted by atomic mass is 35.5. The van der Waals surface area contributed by atoms with E-state index in [1.54, 1.807) is 12.1 Å². The summed E-state index contributed by atoms with van der Waals surface area (Å²) in [5.74, 6) is 6.84.